The van der Waals surface area contributed by atoms with Gasteiger partial charge >= 0.3 is 0 Å². The van der Waals surface area contributed by atoms with Gasteiger partial charge in [-0.1, -0.05) is 48.8 Å². The third kappa shape index (κ3) is 5.61. The molecule has 0 aliphatic heterocycles. The van der Waals surface area contributed by atoms with Crippen LogP contribution in [0.3, 0.4) is 0 Å². The van der Waals surface area contributed by atoms with Gasteiger partial charge in [0.25, 0.3) is 5.69 Å². The lowest BCUT2D eigenvalue weighted by Crippen LogP contribution is -2.33. The molecule has 6 nitrogen and oxygen atoms in total. The van der Waals surface area contributed by atoms with Crippen LogP contribution in [-0.2, 0) is 10.0 Å². The molecule has 0 heterocycles. The van der Waals surface area contributed by atoms with E-state index in [0.717, 1.165) is 17.8 Å². The Morgan fingerprint density at radius 3 is 2.11 bits per heavy atom. The molecule has 10 heteroatoms. The smallest absolute Gasteiger partial charge is 0.258 e. The molecule has 0 aliphatic rings. The number of non-ortho nitro benzene ring substituents is 1. The fraction of sp³-hybridized carbons (Fsp3) is 0.333. The predicted octanol–water partition coefficient (Wildman–Crippen LogP) is 5.86. The molecule has 0 radical (unpaired) electrons. The molecule has 0 saturated heterocycles. The molecule has 0 unspecified atom stereocenters. The van der Waals surface area contributed by atoms with Crippen molar-refractivity contribution >= 4 is 50.7 Å². The molecule has 0 aliphatic carbocycles. The second kappa shape index (κ2) is 9.93. The van der Waals surface area contributed by atoms with E-state index in [0.29, 0.717) is 45.8 Å². The minimum atomic E-state index is -3.91. The lowest BCUT2D eigenvalue weighted by atomic mass is 10.3. The summed E-state index contributed by atoms with van der Waals surface area (Å²) >= 11 is 13.2. The molecular formula is C18H20Cl2N2O4S2. The Morgan fingerprint density at radius 2 is 1.61 bits per heavy atom. The highest BCUT2D eigenvalue weighted by Gasteiger charge is 2.28. The third-order valence-corrected chi connectivity index (χ3v) is 7.32. The molecule has 152 valence electrons. The first-order valence-corrected chi connectivity index (χ1v) is 11.6. The van der Waals surface area contributed by atoms with Crippen molar-refractivity contribution in [3.8, 4) is 0 Å². The van der Waals surface area contributed by atoms with Gasteiger partial charge in [-0.2, -0.15) is 4.31 Å². The largest absolute Gasteiger partial charge is 0.270 e. The maximum absolute atomic E-state index is 13.3. The number of hydrogen-bond donors (Lipinski definition) is 0. The van der Waals surface area contributed by atoms with E-state index in [1.165, 1.54) is 16.4 Å². The van der Waals surface area contributed by atoms with E-state index in [-0.39, 0.29) is 10.6 Å². The van der Waals surface area contributed by atoms with Crippen LogP contribution in [0.1, 0.15) is 26.7 Å². The Bertz CT molecular complexity index is 942. The number of nitro benzene ring substituents is 1. The second-order valence-corrected chi connectivity index (χ2v) is 9.89. The van der Waals surface area contributed by atoms with Crippen LogP contribution in [0.15, 0.2) is 51.1 Å². The zero-order valence-electron chi connectivity index (χ0n) is 15.4. The van der Waals surface area contributed by atoms with Crippen molar-refractivity contribution in [2.45, 2.75) is 41.4 Å². The van der Waals surface area contributed by atoms with Crippen molar-refractivity contribution in [3.63, 3.8) is 0 Å². The van der Waals surface area contributed by atoms with Gasteiger partial charge in [0.15, 0.2) is 0 Å². The van der Waals surface area contributed by atoms with Crippen LogP contribution in [0.25, 0.3) is 0 Å². The number of hydrogen-bond acceptors (Lipinski definition) is 5. The lowest BCUT2D eigenvalue weighted by Gasteiger charge is -2.22. The molecule has 0 fully saturated rings. The van der Waals surface area contributed by atoms with Gasteiger partial charge < -0.3 is 0 Å². The van der Waals surface area contributed by atoms with Crippen LogP contribution < -0.4 is 0 Å². The molecule has 0 saturated carbocycles. The van der Waals surface area contributed by atoms with Gasteiger partial charge in [-0.25, -0.2) is 8.42 Å². The van der Waals surface area contributed by atoms with Crippen LogP contribution in [0.4, 0.5) is 5.69 Å². The van der Waals surface area contributed by atoms with E-state index in [9.17, 15) is 18.5 Å². The Kier molecular flexibility index (Phi) is 8.15. The van der Waals surface area contributed by atoms with Crippen molar-refractivity contribution in [3.05, 3.63) is 56.6 Å². The molecule has 28 heavy (non-hydrogen) atoms. The number of sulfonamides is 1. The van der Waals surface area contributed by atoms with Crippen molar-refractivity contribution in [1.82, 2.24) is 4.31 Å². The Labute approximate surface area is 179 Å². The normalized spacial score (nSPS) is 11.8. The average molecular weight is 463 g/mol. The predicted molar refractivity (Wildman–Crippen MR) is 113 cm³/mol. The van der Waals surface area contributed by atoms with Crippen LogP contribution in [0, 0.1) is 10.1 Å². The van der Waals surface area contributed by atoms with Gasteiger partial charge in [0.05, 0.1) is 4.92 Å². The van der Waals surface area contributed by atoms with E-state index in [1.807, 2.05) is 13.8 Å². The van der Waals surface area contributed by atoms with E-state index in [2.05, 4.69) is 0 Å². The summed E-state index contributed by atoms with van der Waals surface area (Å²) in [6.45, 7) is 4.45. The minimum absolute atomic E-state index is 0.0929. The zero-order chi connectivity index (χ0) is 20.9. The summed E-state index contributed by atoms with van der Waals surface area (Å²) in [7, 11) is -3.91. The van der Waals surface area contributed by atoms with Crippen LogP contribution in [0.5, 0.6) is 0 Å². The Hall–Kier alpha value is -1.32. The highest BCUT2D eigenvalue weighted by atomic mass is 35.5. The molecule has 0 N–H and O–H groups in total. The number of benzene rings is 2. The Morgan fingerprint density at radius 1 is 1.04 bits per heavy atom. The summed E-state index contributed by atoms with van der Waals surface area (Å²) in [5.41, 5.74) is -0.278. The number of rotatable bonds is 9. The summed E-state index contributed by atoms with van der Waals surface area (Å²) in [5, 5.41) is 12.0. The maximum atomic E-state index is 13.3. The topological polar surface area (TPSA) is 80.5 Å². The average Bonchev–Trinajstić information content (AvgIpc) is 2.60. The number of halogens is 2. The summed E-state index contributed by atoms with van der Waals surface area (Å²) in [6, 6.07) is 8.74. The molecule has 2 aromatic carbocycles. The highest BCUT2D eigenvalue weighted by molar-refractivity contribution is 8.00. The van der Waals surface area contributed by atoms with E-state index < -0.39 is 14.9 Å². The van der Waals surface area contributed by atoms with E-state index in [4.69, 9.17) is 23.2 Å². The fourth-order valence-electron chi connectivity index (χ4n) is 2.60. The highest BCUT2D eigenvalue weighted by Crippen LogP contribution is 2.38. The third-order valence-electron chi connectivity index (χ3n) is 3.77. The molecule has 2 aromatic rings. The molecule has 2 rings (SSSR count). The van der Waals surface area contributed by atoms with Gasteiger partial charge in [0.1, 0.15) is 4.90 Å². The fourth-order valence-corrected chi connectivity index (χ4v) is 6.33. The van der Waals surface area contributed by atoms with Gasteiger partial charge in [0, 0.05) is 45.1 Å². The molecule has 0 amide bonds. The van der Waals surface area contributed by atoms with Crippen molar-refractivity contribution in [1.29, 1.82) is 0 Å². The molecule has 0 aromatic heterocycles. The lowest BCUT2D eigenvalue weighted by molar-refractivity contribution is -0.385. The van der Waals surface area contributed by atoms with Gasteiger partial charge in [-0.15, -0.1) is 0 Å². The SMILES string of the molecule is CCCN(CCC)S(=O)(=O)c1cc([N+](=O)[O-])ccc1Sc1cc(Cl)cc(Cl)c1. The van der Waals surface area contributed by atoms with E-state index >= 15 is 0 Å². The monoisotopic (exact) mass is 462 g/mol. The van der Waals surface area contributed by atoms with Gasteiger partial charge in [-0.3, -0.25) is 10.1 Å². The van der Waals surface area contributed by atoms with Crippen LogP contribution in [-0.4, -0.2) is 30.7 Å². The van der Waals surface area contributed by atoms with Crippen molar-refractivity contribution < 1.29 is 13.3 Å². The van der Waals surface area contributed by atoms with E-state index in [1.54, 1.807) is 18.2 Å². The van der Waals surface area contributed by atoms with Crippen LogP contribution in [0.2, 0.25) is 10.0 Å². The van der Waals surface area contributed by atoms with Crippen LogP contribution >= 0.6 is 35.0 Å². The van der Waals surface area contributed by atoms with Crippen molar-refractivity contribution in [2.24, 2.45) is 0 Å². The summed E-state index contributed by atoms with van der Waals surface area (Å²) in [4.78, 5) is 11.5. The first kappa shape index (κ1) is 23.0. The number of nitrogens with zero attached hydrogens (tertiary/aromatic N) is 2. The Balaban J connectivity index is 2.59. The van der Waals surface area contributed by atoms with Crippen molar-refractivity contribution in [2.75, 3.05) is 13.1 Å². The molecule has 0 bridgehead atoms. The first-order valence-electron chi connectivity index (χ1n) is 8.61. The maximum Gasteiger partial charge on any atom is 0.270 e. The standard InChI is InChI=1S/C18H20Cl2N2O4S2/c1-3-7-21(8-4-2)28(25,26)18-12-15(22(23)24)5-6-17(18)27-16-10-13(19)9-14(20)11-16/h5-6,9-12H,3-4,7-8H2,1-2H3. The first-order chi connectivity index (χ1) is 13.2. The minimum Gasteiger partial charge on any atom is -0.258 e. The quantitative estimate of drug-likeness (QED) is 0.344. The zero-order valence-corrected chi connectivity index (χ0v) is 18.5. The number of nitro groups is 1. The van der Waals surface area contributed by atoms with Gasteiger partial charge in [0.2, 0.25) is 10.0 Å². The molecule has 0 atom stereocenters. The summed E-state index contributed by atoms with van der Waals surface area (Å²) in [5.74, 6) is 0. The molecular weight excluding hydrogens is 443 g/mol. The summed E-state index contributed by atoms with van der Waals surface area (Å²) < 4.78 is 27.9. The summed E-state index contributed by atoms with van der Waals surface area (Å²) in [6.07, 6.45) is 1.28. The molecule has 0 spiro atoms. The second-order valence-electron chi connectivity index (χ2n) is 6.00. The van der Waals surface area contributed by atoms with Gasteiger partial charge in [-0.05, 0) is 37.1 Å².